The van der Waals surface area contributed by atoms with E-state index in [2.05, 4.69) is 13.2 Å². The van der Waals surface area contributed by atoms with E-state index < -0.39 is 0 Å². The van der Waals surface area contributed by atoms with Crippen LogP contribution in [0.15, 0.2) is 25.3 Å². The van der Waals surface area contributed by atoms with Crippen LogP contribution in [0.4, 0.5) is 0 Å². The van der Waals surface area contributed by atoms with Crippen LogP contribution in [0, 0.1) is 0 Å². The molecule has 0 aliphatic rings. The van der Waals surface area contributed by atoms with E-state index in [-0.39, 0.29) is 0 Å². The predicted octanol–water partition coefficient (Wildman–Crippen LogP) is 2.94. The molecule has 1 nitrogen and oxygen atoms in total. The highest BCUT2D eigenvalue weighted by atomic mass is 16.5. The van der Waals surface area contributed by atoms with Gasteiger partial charge in [-0.2, -0.15) is 0 Å². The maximum atomic E-state index is 5.34. The molecule has 0 aromatic heterocycles. The topological polar surface area (TPSA) is 9.23 Å². The van der Waals surface area contributed by atoms with E-state index in [0.717, 1.165) is 38.9 Å². The van der Waals surface area contributed by atoms with Crippen molar-refractivity contribution in [3.8, 4) is 0 Å². The van der Waals surface area contributed by atoms with Crippen molar-refractivity contribution < 1.29 is 4.74 Å². The lowest BCUT2D eigenvalue weighted by Gasteiger charge is -2.00. The summed E-state index contributed by atoms with van der Waals surface area (Å²) in [6, 6.07) is 0. The van der Waals surface area contributed by atoms with Gasteiger partial charge in [0, 0.05) is 13.2 Å². The van der Waals surface area contributed by atoms with Crippen molar-refractivity contribution in [2.75, 3.05) is 13.2 Å². The van der Waals surface area contributed by atoms with Crippen molar-refractivity contribution in [2.24, 2.45) is 0 Å². The Morgan fingerprint density at radius 2 is 1.36 bits per heavy atom. The molecule has 0 unspecified atom stereocenters. The molecule has 0 fully saturated rings. The molecule has 0 bridgehead atoms. The van der Waals surface area contributed by atoms with Gasteiger partial charge in [0.2, 0.25) is 0 Å². The monoisotopic (exact) mass is 154 g/mol. The van der Waals surface area contributed by atoms with Crippen LogP contribution in [0.25, 0.3) is 0 Å². The fourth-order valence-electron chi connectivity index (χ4n) is 0.762. The fraction of sp³-hybridized carbons (Fsp3) is 0.600. The zero-order valence-electron chi connectivity index (χ0n) is 7.22. The van der Waals surface area contributed by atoms with Crippen molar-refractivity contribution in [1.29, 1.82) is 0 Å². The summed E-state index contributed by atoms with van der Waals surface area (Å²) in [6.45, 7) is 9.01. The fourth-order valence-corrected chi connectivity index (χ4v) is 0.762. The van der Waals surface area contributed by atoms with Crippen LogP contribution in [0.5, 0.6) is 0 Å². The summed E-state index contributed by atoms with van der Waals surface area (Å²) in [5.74, 6) is 0. The summed E-state index contributed by atoms with van der Waals surface area (Å²) in [5, 5.41) is 0. The van der Waals surface area contributed by atoms with Crippen molar-refractivity contribution in [2.45, 2.75) is 25.7 Å². The average Bonchev–Trinajstić information content (AvgIpc) is 2.03. The lowest BCUT2D eigenvalue weighted by atomic mass is 10.3. The average molecular weight is 154 g/mol. The third kappa shape index (κ3) is 9.44. The maximum absolute atomic E-state index is 5.34. The molecular weight excluding hydrogens is 136 g/mol. The van der Waals surface area contributed by atoms with E-state index in [4.69, 9.17) is 4.74 Å². The number of hydrogen-bond donors (Lipinski definition) is 0. The molecule has 11 heavy (non-hydrogen) atoms. The summed E-state index contributed by atoms with van der Waals surface area (Å²) in [6.07, 6.45) is 8.15. The Labute approximate surface area is 69.8 Å². The highest BCUT2D eigenvalue weighted by Crippen LogP contribution is 1.93. The van der Waals surface area contributed by atoms with Gasteiger partial charge < -0.3 is 4.74 Å². The van der Waals surface area contributed by atoms with Crippen LogP contribution >= 0.6 is 0 Å². The Balaban J connectivity index is 2.79. The van der Waals surface area contributed by atoms with E-state index in [1.54, 1.807) is 0 Å². The number of allylic oxidation sites excluding steroid dienone is 2. The smallest absolute Gasteiger partial charge is 0.0468 e. The molecule has 0 heterocycles. The quantitative estimate of drug-likeness (QED) is 0.386. The number of rotatable bonds is 8. The van der Waals surface area contributed by atoms with Gasteiger partial charge in [0.05, 0.1) is 0 Å². The van der Waals surface area contributed by atoms with Crippen LogP contribution in [-0.4, -0.2) is 13.2 Å². The van der Waals surface area contributed by atoms with Gasteiger partial charge in [-0.15, -0.1) is 13.2 Å². The molecule has 0 spiro atoms. The standard InChI is InChI=1S/C10H18O/c1-3-5-7-9-11-10-8-6-4-2/h3-4H,1-2,5-10H2. The first-order valence-electron chi connectivity index (χ1n) is 4.21. The predicted molar refractivity (Wildman–Crippen MR) is 49.7 cm³/mol. The van der Waals surface area contributed by atoms with Crippen molar-refractivity contribution in [1.82, 2.24) is 0 Å². The molecule has 0 aromatic carbocycles. The molecule has 1 heteroatoms. The van der Waals surface area contributed by atoms with Crippen molar-refractivity contribution in [3.63, 3.8) is 0 Å². The van der Waals surface area contributed by atoms with Gasteiger partial charge in [-0.3, -0.25) is 0 Å². The minimum Gasteiger partial charge on any atom is -0.381 e. The molecule has 0 saturated carbocycles. The van der Waals surface area contributed by atoms with Crippen LogP contribution < -0.4 is 0 Å². The molecule has 0 aromatic rings. The lowest BCUT2D eigenvalue weighted by Crippen LogP contribution is -1.95. The van der Waals surface area contributed by atoms with Gasteiger partial charge >= 0.3 is 0 Å². The second-order valence-corrected chi connectivity index (χ2v) is 2.47. The normalized spacial score (nSPS) is 9.45. The number of ether oxygens (including phenoxy) is 1. The molecule has 0 N–H and O–H groups in total. The summed E-state index contributed by atoms with van der Waals surface area (Å²) >= 11 is 0. The minimum absolute atomic E-state index is 0.864. The van der Waals surface area contributed by atoms with Crippen LogP contribution in [0.3, 0.4) is 0 Å². The zero-order valence-corrected chi connectivity index (χ0v) is 7.22. The SMILES string of the molecule is C=CCCCOCCCC=C. The number of unbranched alkanes of at least 4 members (excludes halogenated alkanes) is 2. The van der Waals surface area contributed by atoms with Gasteiger partial charge in [0.25, 0.3) is 0 Å². The lowest BCUT2D eigenvalue weighted by molar-refractivity contribution is 0.130. The molecule has 0 amide bonds. The van der Waals surface area contributed by atoms with Crippen molar-refractivity contribution >= 4 is 0 Å². The summed E-state index contributed by atoms with van der Waals surface area (Å²) < 4.78 is 5.34. The second kappa shape index (κ2) is 9.44. The van der Waals surface area contributed by atoms with Crippen LogP contribution in [-0.2, 0) is 4.74 Å². The van der Waals surface area contributed by atoms with Gasteiger partial charge in [-0.05, 0) is 25.7 Å². The van der Waals surface area contributed by atoms with E-state index in [1.165, 1.54) is 0 Å². The number of hydrogen-bond acceptors (Lipinski definition) is 1. The summed E-state index contributed by atoms with van der Waals surface area (Å²) in [4.78, 5) is 0. The highest BCUT2D eigenvalue weighted by molar-refractivity contribution is 4.66. The third-order valence-corrected chi connectivity index (χ3v) is 1.39. The Morgan fingerprint density at radius 1 is 0.909 bits per heavy atom. The first kappa shape index (κ1) is 10.4. The Bertz CT molecular complexity index is 85.0. The highest BCUT2D eigenvalue weighted by Gasteiger charge is 1.86. The van der Waals surface area contributed by atoms with E-state index >= 15 is 0 Å². The van der Waals surface area contributed by atoms with Crippen molar-refractivity contribution in [3.05, 3.63) is 25.3 Å². The molecule has 0 rings (SSSR count). The summed E-state index contributed by atoms with van der Waals surface area (Å²) in [7, 11) is 0. The maximum Gasteiger partial charge on any atom is 0.0468 e. The Morgan fingerprint density at radius 3 is 1.73 bits per heavy atom. The van der Waals surface area contributed by atoms with Gasteiger partial charge in [0.15, 0.2) is 0 Å². The van der Waals surface area contributed by atoms with E-state index in [1.807, 2.05) is 12.2 Å². The van der Waals surface area contributed by atoms with Gasteiger partial charge in [-0.1, -0.05) is 12.2 Å². The zero-order chi connectivity index (χ0) is 8.36. The molecule has 0 atom stereocenters. The molecule has 64 valence electrons. The van der Waals surface area contributed by atoms with E-state index in [9.17, 15) is 0 Å². The summed E-state index contributed by atoms with van der Waals surface area (Å²) in [5.41, 5.74) is 0. The first-order valence-corrected chi connectivity index (χ1v) is 4.21. The first-order chi connectivity index (χ1) is 5.41. The Kier molecular flexibility index (Phi) is 8.96. The molecular formula is C10H18O. The largest absolute Gasteiger partial charge is 0.381 e. The van der Waals surface area contributed by atoms with Gasteiger partial charge in [-0.25, -0.2) is 0 Å². The van der Waals surface area contributed by atoms with E-state index in [0.29, 0.717) is 0 Å². The molecule has 0 aliphatic heterocycles. The molecule has 0 radical (unpaired) electrons. The molecule has 0 aliphatic carbocycles. The van der Waals surface area contributed by atoms with Gasteiger partial charge in [0.1, 0.15) is 0 Å². The third-order valence-electron chi connectivity index (χ3n) is 1.39. The Hall–Kier alpha value is -0.560. The van der Waals surface area contributed by atoms with Crippen LogP contribution in [0.1, 0.15) is 25.7 Å². The van der Waals surface area contributed by atoms with Crippen LogP contribution in [0.2, 0.25) is 0 Å². The molecule has 0 saturated heterocycles. The minimum atomic E-state index is 0.864. The second-order valence-electron chi connectivity index (χ2n) is 2.47.